The van der Waals surface area contributed by atoms with E-state index in [2.05, 4.69) is 32.8 Å². The second-order valence-electron chi connectivity index (χ2n) is 2.26. The summed E-state index contributed by atoms with van der Waals surface area (Å²) in [6, 6.07) is 0. The Morgan fingerprint density at radius 3 is 1.67 bits per heavy atom. The van der Waals surface area contributed by atoms with Gasteiger partial charge in [-0.25, -0.2) is 0 Å². The minimum atomic E-state index is 1.15. The van der Waals surface area contributed by atoms with Gasteiger partial charge in [0.25, 0.3) is 0 Å². The van der Waals surface area contributed by atoms with Gasteiger partial charge in [0.2, 0.25) is 0 Å². The zero-order valence-electron chi connectivity index (χ0n) is 7.07. The molecule has 0 bridgehead atoms. The van der Waals surface area contributed by atoms with Crippen LogP contribution in [0, 0.1) is 0 Å². The molecule has 0 amide bonds. The Hall–Kier alpha value is -0.0800. The fourth-order valence-corrected chi connectivity index (χ4v) is 0.987. The average molecular weight is 131 g/mol. The normalized spacial score (nSPS) is 14.3. The van der Waals surface area contributed by atoms with Crippen LogP contribution in [0.15, 0.2) is 0 Å². The van der Waals surface area contributed by atoms with Gasteiger partial charge < -0.3 is 0 Å². The van der Waals surface area contributed by atoms with Gasteiger partial charge in [-0.1, -0.05) is 0 Å². The summed E-state index contributed by atoms with van der Waals surface area (Å²) < 4.78 is 0. The van der Waals surface area contributed by atoms with Crippen molar-refractivity contribution in [3.63, 3.8) is 0 Å². The first-order valence-corrected chi connectivity index (χ1v) is 3.83. The van der Waals surface area contributed by atoms with Gasteiger partial charge in [-0.05, 0) is 20.8 Å². The molecule has 0 aliphatic carbocycles. The van der Waals surface area contributed by atoms with Gasteiger partial charge >= 0.3 is 0 Å². The Morgan fingerprint density at radius 2 is 1.56 bits per heavy atom. The molecule has 56 valence electrons. The molecule has 1 unspecified atom stereocenters. The number of rotatable bonds is 4. The quantitative estimate of drug-likeness (QED) is 0.518. The summed E-state index contributed by atoms with van der Waals surface area (Å²) in [7, 11) is 2.20. The average Bonchev–Trinajstić information content (AvgIpc) is 1.90. The van der Waals surface area contributed by atoms with Crippen molar-refractivity contribution in [1.82, 2.24) is 5.01 Å². The van der Waals surface area contributed by atoms with Crippen LogP contribution in [0.5, 0.6) is 0 Å². The maximum atomic E-state index is 2.39. The van der Waals surface area contributed by atoms with Crippen LogP contribution in [0.2, 0.25) is 0 Å². The van der Waals surface area contributed by atoms with E-state index >= 15 is 0 Å². The van der Waals surface area contributed by atoms with Crippen molar-refractivity contribution >= 4 is 0 Å². The third kappa shape index (κ3) is 2.82. The molecule has 0 aromatic carbocycles. The van der Waals surface area contributed by atoms with Crippen molar-refractivity contribution in [2.24, 2.45) is 0 Å². The van der Waals surface area contributed by atoms with Gasteiger partial charge in [0.1, 0.15) is 0 Å². The molecule has 0 heterocycles. The zero-order chi connectivity index (χ0) is 7.28. The molecule has 0 rings (SSSR count). The predicted octanol–water partition coefficient (Wildman–Crippen LogP) is -0.222. The van der Waals surface area contributed by atoms with Gasteiger partial charge in [0.15, 0.2) is 0 Å². The predicted molar refractivity (Wildman–Crippen MR) is 40.3 cm³/mol. The lowest BCUT2D eigenvalue weighted by Gasteiger charge is -2.24. The molecular weight excluding hydrogens is 112 g/mol. The lowest BCUT2D eigenvalue weighted by atomic mass is 10.6. The standard InChI is InChI=1S/C7H18N2/c1-5-8(4)9(6-2)7-3/h5-7H2,1-4H3/p+1. The van der Waals surface area contributed by atoms with E-state index in [1.54, 1.807) is 0 Å². The molecule has 0 spiro atoms. The summed E-state index contributed by atoms with van der Waals surface area (Å²) in [5.41, 5.74) is 0. The van der Waals surface area contributed by atoms with Crippen molar-refractivity contribution in [1.29, 1.82) is 0 Å². The van der Waals surface area contributed by atoms with Gasteiger partial charge in [-0.3, -0.25) is 5.01 Å². The van der Waals surface area contributed by atoms with E-state index in [-0.39, 0.29) is 0 Å². The highest BCUT2D eigenvalue weighted by Crippen LogP contribution is 1.70. The Labute approximate surface area is 58.4 Å². The molecule has 0 saturated carbocycles. The van der Waals surface area contributed by atoms with E-state index in [4.69, 9.17) is 0 Å². The first-order valence-electron chi connectivity index (χ1n) is 3.83. The van der Waals surface area contributed by atoms with E-state index in [0.717, 1.165) is 13.1 Å². The van der Waals surface area contributed by atoms with E-state index in [0.29, 0.717) is 0 Å². The van der Waals surface area contributed by atoms with Crippen molar-refractivity contribution in [2.75, 3.05) is 26.7 Å². The van der Waals surface area contributed by atoms with Gasteiger partial charge in [-0.15, -0.1) is 0 Å². The maximum absolute atomic E-state index is 2.39. The molecule has 0 saturated heterocycles. The van der Waals surface area contributed by atoms with Crippen molar-refractivity contribution in [2.45, 2.75) is 20.8 Å². The van der Waals surface area contributed by atoms with Gasteiger partial charge in [-0.2, -0.15) is 5.01 Å². The minimum absolute atomic E-state index is 1.15. The van der Waals surface area contributed by atoms with Crippen molar-refractivity contribution in [3.8, 4) is 0 Å². The number of nitrogens with zero attached hydrogens (tertiary/aromatic N) is 1. The van der Waals surface area contributed by atoms with Crippen LogP contribution in [0.1, 0.15) is 20.8 Å². The van der Waals surface area contributed by atoms with Crippen molar-refractivity contribution in [3.05, 3.63) is 0 Å². The molecule has 0 fully saturated rings. The summed E-state index contributed by atoms with van der Waals surface area (Å²) >= 11 is 0. The Bertz CT molecular complexity index is 59.9. The van der Waals surface area contributed by atoms with E-state index in [9.17, 15) is 0 Å². The monoisotopic (exact) mass is 131 g/mol. The largest absolute Gasteiger partial charge is 0.257 e. The maximum Gasteiger partial charge on any atom is 0.0917 e. The molecule has 0 aliphatic rings. The Morgan fingerprint density at radius 1 is 1.11 bits per heavy atom. The molecule has 2 heteroatoms. The highest BCUT2D eigenvalue weighted by molar-refractivity contribution is 4.29. The summed E-state index contributed by atoms with van der Waals surface area (Å²) in [6.45, 7) is 10.1. The molecule has 1 atom stereocenters. The van der Waals surface area contributed by atoms with Crippen LogP contribution < -0.4 is 5.01 Å². The molecule has 0 aliphatic heterocycles. The smallest absolute Gasteiger partial charge is 0.0917 e. The summed E-state index contributed by atoms with van der Waals surface area (Å²) in [5, 5.41) is 3.89. The zero-order valence-corrected chi connectivity index (χ0v) is 7.07. The number of hydrogen-bond acceptors (Lipinski definition) is 1. The number of nitrogens with one attached hydrogen (secondary N) is 1. The molecule has 0 aromatic rings. The summed E-state index contributed by atoms with van der Waals surface area (Å²) in [5.74, 6) is 0. The Balaban J connectivity index is 3.50. The van der Waals surface area contributed by atoms with E-state index < -0.39 is 0 Å². The molecular formula is C7H19N2+. The highest BCUT2D eigenvalue weighted by atomic mass is 15.6. The molecule has 2 nitrogen and oxygen atoms in total. The van der Waals surface area contributed by atoms with Gasteiger partial charge in [0, 0.05) is 13.1 Å². The fourth-order valence-electron chi connectivity index (χ4n) is 0.987. The first-order chi connectivity index (χ1) is 4.26. The van der Waals surface area contributed by atoms with Gasteiger partial charge in [0.05, 0.1) is 13.6 Å². The van der Waals surface area contributed by atoms with Crippen LogP contribution in [0.3, 0.4) is 0 Å². The third-order valence-corrected chi connectivity index (χ3v) is 1.81. The molecule has 0 aromatic heterocycles. The first kappa shape index (κ1) is 8.92. The third-order valence-electron chi connectivity index (χ3n) is 1.81. The second-order valence-corrected chi connectivity index (χ2v) is 2.26. The SMILES string of the molecule is CCN(CC)[NH+](C)CC. The van der Waals surface area contributed by atoms with Crippen LogP contribution in [-0.4, -0.2) is 31.7 Å². The van der Waals surface area contributed by atoms with E-state index in [1.807, 2.05) is 0 Å². The fraction of sp³-hybridized carbons (Fsp3) is 1.00. The minimum Gasteiger partial charge on any atom is -0.257 e. The molecule has 1 N–H and O–H groups in total. The second kappa shape index (κ2) is 4.77. The van der Waals surface area contributed by atoms with Crippen LogP contribution in [-0.2, 0) is 0 Å². The van der Waals surface area contributed by atoms with Crippen LogP contribution >= 0.6 is 0 Å². The highest BCUT2D eigenvalue weighted by Gasteiger charge is 2.05. The van der Waals surface area contributed by atoms with E-state index in [1.165, 1.54) is 11.6 Å². The topological polar surface area (TPSA) is 7.68 Å². The number of hydrogen-bond donors (Lipinski definition) is 1. The Kier molecular flexibility index (Phi) is 4.72. The van der Waals surface area contributed by atoms with Crippen LogP contribution in [0.25, 0.3) is 0 Å². The van der Waals surface area contributed by atoms with Crippen LogP contribution in [0.4, 0.5) is 0 Å². The number of quaternary nitrogens is 1. The molecule has 0 radical (unpaired) electrons. The lowest BCUT2D eigenvalue weighted by molar-refractivity contribution is -0.997. The lowest BCUT2D eigenvalue weighted by Crippen LogP contribution is -3.15. The summed E-state index contributed by atoms with van der Waals surface area (Å²) in [6.07, 6.45) is 0. The van der Waals surface area contributed by atoms with Crippen molar-refractivity contribution < 1.29 is 5.01 Å². The molecule has 9 heavy (non-hydrogen) atoms. The summed E-state index contributed by atoms with van der Waals surface area (Å²) in [4.78, 5) is 0.